The van der Waals surface area contributed by atoms with Gasteiger partial charge in [-0.25, -0.2) is 0 Å². The van der Waals surface area contributed by atoms with Gasteiger partial charge in [-0.2, -0.15) is 0 Å². The Morgan fingerprint density at radius 2 is 1.52 bits per heavy atom. The molecular weight excluding hydrogens is 260 g/mol. The molecule has 0 aromatic rings. The molecule has 21 heavy (non-hydrogen) atoms. The second kappa shape index (κ2) is 5.57. The lowest BCUT2D eigenvalue weighted by Gasteiger charge is -2.56. The maximum absolute atomic E-state index is 12.1. The fourth-order valence-electron chi connectivity index (χ4n) is 6.22. The van der Waals surface area contributed by atoms with Crippen molar-refractivity contribution in [3.63, 3.8) is 0 Å². The van der Waals surface area contributed by atoms with Crippen molar-refractivity contribution in [3.05, 3.63) is 0 Å². The Morgan fingerprint density at radius 1 is 0.952 bits per heavy atom. The summed E-state index contributed by atoms with van der Waals surface area (Å²) in [4.78, 5) is 12.1. The van der Waals surface area contributed by atoms with Crippen molar-refractivity contribution in [2.24, 2.45) is 23.2 Å². The van der Waals surface area contributed by atoms with E-state index in [2.05, 4.69) is 10.6 Å². The van der Waals surface area contributed by atoms with Gasteiger partial charge in [0.2, 0.25) is 5.91 Å². The highest BCUT2D eigenvalue weighted by Crippen LogP contribution is 2.59. The van der Waals surface area contributed by atoms with Crippen LogP contribution in [0.15, 0.2) is 0 Å². The van der Waals surface area contributed by atoms with Crippen LogP contribution in [0.3, 0.4) is 0 Å². The molecule has 0 heterocycles. The second-order valence-electron chi connectivity index (χ2n) is 8.56. The van der Waals surface area contributed by atoms with E-state index in [1.807, 2.05) is 0 Å². The monoisotopic (exact) mass is 290 g/mol. The highest BCUT2D eigenvalue weighted by Gasteiger charge is 2.50. The highest BCUT2D eigenvalue weighted by atomic mass is 16.1. The quantitative estimate of drug-likeness (QED) is 0.817. The van der Waals surface area contributed by atoms with Crippen LogP contribution >= 0.6 is 0 Å². The van der Waals surface area contributed by atoms with E-state index in [0.29, 0.717) is 18.0 Å². The van der Waals surface area contributed by atoms with Gasteiger partial charge in [-0.3, -0.25) is 4.79 Å². The van der Waals surface area contributed by atoms with Crippen molar-refractivity contribution in [2.75, 3.05) is 13.1 Å². The minimum absolute atomic E-state index is 0.220. The van der Waals surface area contributed by atoms with E-state index in [9.17, 15) is 4.79 Å². The molecule has 0 unspecified atom stereocenters. The van der Waals surface area contributed by atoms with Crippen molar-refractivity contribution in [3.8, 4) is 0 Å². The van der Waals surface area contributed by atoms with Crippen LogP contribution < -0.4 is 10.6 Å². The Bertz CT molecular complexity index is 365. The maximum Gasteiger partial charge on any atom is 0.233 e. The van der Waals surface area contributed by atoms with Crippen molar-refractivity contribution >= 4 is 5.91 Å². The van der Waals surface area contributed by atoms with Crippen molar-refractivity contribution < 1.29 is 4.79 Å². The molecule has 5 saturated carbocycles. The average Bonchev–Trinajstić information content (AvgIpc) is 2.95. The molecule has 0 aliphatic heterocycles. The Morgan fingerprint density at radius 3 is 2.10 bits per heavy atom. The van der Waals surface area contributed by atoms with E-state index in [1.54, 1.807) is 0 Å². The minimum Gasteiger partial charge on any atom is -0.354 e. The third-order valence-corrected chi connectivity index (χ3v) is 6.73. The minimum atomic E-state index is 0.220. The van der Waals surface area contributed by atoms with Crippen molar-refractivity contribution in [1.82, 2.24) is 10.6 Å². The molecule has 4 bridgehead atoms. The zero-order chi connectivity index (χ0) is 14.3. The van der Waals surface area contributed by atoms with Crippen molar-refractivity contribution in [2.45, 2.75) is 70.3 Å². The van der Waals surface area contributed by atoms with Crippen LogP contribution in [0.25, 0.3) is 0 Å². The van der Waals surface area contributed by atoms with Crippen LogP contribution in [-0.4, -0.2) is 25.0 Å². The number of carbonyl (C=O) groups is 1. The summed E-state index contributed by atoms with van der Waals surface area (Å²) in [5, 5.41) is 6.69. The topological polar surface area (TPSA) is 41.1 Å². The first-order valence-corrected chi connectivity index (χ1v) is 9.21. The molecule has 0 aromatic carbocycles. The predicted molar refractivity (Wildman–Crippen MR) is 83.9 cm³/mol. The number of nitrogens with one attached hydrogen (secondary N) is 2. The zero-order valence-corrected chi connectivity index (χ0v) is 13.2. The van der Waals surface area contributed by atoms with Crippen LogP contribution in [0, 0.1) is 23.2 Å². The normalized spacial score (nSPS) is 41.6. The Labute approximate surface area is 128 Å². The molecule has 5 fully saturated rings. The third kappa shape index (κ3) is 2.99. The molecule has 0 radical (unpaired) electrons. The van der Waals surface area contributed by atoms with Gasteiger partial charge in [-0.15, -0.1) is 0 Å². The van der Waals surface area contributed by atoms with Gasteiger partial charge in [0.1, 0.15) is 0 Å². The molecule has 3 nitrogen and oxygen atoms in total. The molecule has 5 aliphatic rings. The van der Waals surface area contributed by atoms with Gasteiger partial charge in [0.15, 0.2) is 0 Å². The predicted octanol–water partition coefficient (Wildman–Crippen LogP) is 2.85. The molecule has 0 saturated heterocycles. The standard InChI is InChI=1S/C18H30N2O/c21-17(11-19-16-3-1-2-4-16)20-12-18-8-13-5-14(9-18)7-15(6-13)10-18/h13-16,19H,1-12H2,(H,20,21). The molecule has 118 valence electrons. The SMILES string of the molecule is O=C(CNC1CCCC1)NCC12CC3CC(CC(C3)C1)C2. The average molecular weight is 290 g/mol. The Balaban J connectivity index is 1.25. The van der Waals surface area contributed by atoms with Gasteiger partial charge in [-0.1, -0.05) is 12.8 Å². The number of hydrogen-bond acceptors (Lipinski definition) is 2. The van der Waals surface area contributed by atoms with E-state index in [-0.39, 0.29) is 5.91 Å². The molecule has 2 N–H and O–H groups in total. The largest absolute Gasteiger partial charge is 0.354 e. The first-order chi connectivity index (χ1) is 10.2. The van der Waals surface area contributed by atoms with E-state index < -0.39 is 0 Å². The van der Waals surface area contributed by atoms with Crippen LogP contribution in [0.1, 0.15) is 64.2 Å². The van der Waals surface area contributed by atoms with Crippen LogP contribution in [0.4, 0.5) is 0 Å². The van der Waals surface area contributed by atoms with E-state index >= 15 is 0 Å². The lowest BCUT2D eigenvalue weighted by atomic mass is 9.49. The highest BCUT2D eigenvalue weighted by molar-refractivity contribution is 5.78. The first kappa shape index (κ1) is 14.0. The fourth-order valence-corrected chi connectivity index (χ4v) is 6.22. The zero-order valence-electron chi connectivity index (χ0n) is 13.2. The lowest BCUT2D eigenvalue weighted by molar-refractivity contribution is -0.122. The van der Waals surface area contributed by atoms with Gasteiger partial charge in [0, 0.05) is 12.6 Å². The van der Waals surface area contributed by atoms with Crippen LogP contribution in [-0.2, 0) is 4.79 Å². The van der Waals surface area contributed by atoms with Gasteiger partial charge < -0.3 is 10.6 Å². The van der Waals surface area contributed by atoms with E-state index in [1.165, 1.54) is 64.2 Å². The summed E-state index contributed by atoms with van der Waals surface area (Å²) >= 11 is 0. The van der Waals surface area contributed by atoms with Gasteiger partial charge >= 0.3 is 0 Å². The Hall–Kier alpha value is -0.570. The number of amides is 1. The first-order valence-electron chi connectivity index (χ1n) is 9.21. The summed E-state index contributed by atoms with van der Waals surface area (Å²) in [5.41, 5.74) is 0.470. The molecule has 5 aliphatic carbocycles. The van der Waals surface area contributed by atoms with E-state index in [4.69, 9.17) is 0 Å². The molecule has 5 rings (SSSR count). The van der Waals surface area contributed by atoms with Gasteiger partial charge in [0.25, 0.3) is 0 Å². The second-order valence-corrected chi connectivity index (χ2v) is 8.56. The molecule has 3 heteroatoms. The maximum atomic E-state index is 12.1. The Kier molecular flexibility index (Phi) is 3.72. The van der Waals surface area contributed by atoms with E-state index in [0.717, 1.165) is 24.3 Å². The fraction of sp³-hybridized carbons (Fsp3) is 0.944. The third-order valence-electron chi connectivity index (χ3n) is 6.73. The summed E-state index contributed by atoms with van der Waals surface area (Å²) in [6.45, 7) is 1.47. The summed E-state index contributed by atoms with van der Waals surface area (Å²) in [7, 11) is 0. The molecular formula is C18H30N2O. The lowest BCUT2D eigenvalue weighted by Crippen LogP contribution is -2.52. The summed E-state index contributed by atoms with van der Waals surface area (Å²) in [5.74, 6) is 3.15. The van der Waals surface area contributed by atoms with Crippen molar-refractivity contribution in [1.29, 1.82) is 0 Å². The van der Waals surface area contributed by atoms with Crippen LogP contribution in [0.5, 0.6) is 0 Å². The molecule has 0 atom stereocenters. The molecule has 0 spiro atoms. The number of rotatable bonds is 5. The smallest absolute Gasteiger partial charge is 0.233 e. The molecule has 1 amide bonds. The molecule has 0 aromatic heterocycles. The number of carbonyl (C=O) groups excluding carboxylic acids is 1. The van der Waals surface area contributed by atoms with Crippen LogP contribution in [0.2, 0.25) is 0 Å². The van der Waals surface area contributed by atoms with Gasteiger partial charge in [0.05, 0.1) is 6.54 Å². The summed E-state index contributed by atoms with van der Waals surface area (Å²) < 4.78 is 0. The van der Waals surface area contributed by atoms with Gasteiger partial charge in [-0.05, 0) is 74.5 Å². The summed E-state index contributed by atoms with van der Waals surface area (Å²) in [6, 6.07) is 0.593. The summed E-state index contributed by atoms with van der Waals surface area (Å²) in [6.07, 6.45) is 13.8. The number of hydrogen-bond donors (Lipinski definition) is 2.